The van der Waals surface area contributed by atoms with Gasteiger partial charge in [0.05, 0.1) is 12.1 Å². The molecule has 1 saturated carbocycles. The lowest BCUT2D eigenvalue weighted by molar-refractivity contribution is 0.144. The SMILES string of the molecule is CC(C)(C)c1nc(N)cc(NC2CCCCCC2O)n1. The summed E-state index contributed by atoms with van der Waals surface area (Å²) in [6, 6.07) is 1.80. The highest BCUT2D eigenvalue weighted by molar-refractivity contribution is 5.46. The molecular formula is C15H26N4O. The molecule has 2 rings (SSSR count). The highest BCUT2D eigenvalue weighted by Crippen LogP contribution is 2.24. The van der Waals surface area contributed by atoms with Crippen LogP contribution < -0.4 is 11.1 Å². The van der Waals surface area contributed by atoms with Gasteiger partial charge in [-0.25, -0.2) is 9.97 Å². The summed E-state index contributed by atoms with van der Waals surface area (Å²) < 4.78 is 0. The van der Waals surface area contributed by atoms with Gasteiger partial charge in [-0.2, -0.15) is 0 Å². The van der Waals surface area contributed by atoms with Gasteiger partial charge in [0, 0.05) is 11.5 Å². The Morgan fingerprint density at radius 1 is 1.20 bits per heavy atom. The molecule has 0 aliphatic heterocycles. The van der Waals surface area contributed by atoms with Gasteiger partial charge < -0.3 is 16.2 Å². The maximum Gasteiger partial charge on any atom is 0.138 e. The van der Waals surface area contributed by atoms with E-state index >= 15 is 0 Å². The number of anilines is 2. The van der Waals surface area contributed by atoms with Crippen LogP contribution in [0.15, 0.2) is 6.07 Å². The summed E-state index contributed by atoms with van der Waals surface area (Å²) in [5, 5.41) is 13.5. The number of nitrogen functional groups attached to an aromatic ring is 1. The lowest BCUT2D eigenvalue weighted by atomic mass is 9.96. The Bertz CT molecular complexity index is 456. The molecule has 2 unspecified atom stereocenters. The molecule has 1 fully saturated rings. The lowest BCUT2D eigenvalue weighted by Gasteiger charge is -2.24. The van der Waals surface area contributed by atoms with Gasteiger partial charge in [0.15, 0.2) is 0 Å². The number of nitrogens with two attached hydrogens (primary N) is 1. The third-order valence-electron chi connectivity index (χ3n) is 3.73. The van der Waals surface area contributed by atoms with E-state index < -0.39 is 0 Å². The largest absolute Gasteiger partial charge is 0.391 e. The molecule has 1 aromatic heterocycles. The number of hydrogen-bond donors (Lipinski definition) is 3. The minimum Gasteiger partial charge on any atom is -0.391 e. The highest BCUT2D eigenvalue weighted by atomic mass is 16.3. The maximum absolute atomic E-state index is 10.2. The molecule has 0 bridgehead atoms. The van der Waals surface area contributed by atoms with E-state index in [1.165, 1.54) is 6.42 Å². The van der Waals surface area contributed by atoms with Gasteiger partial charge in [0.25, 0.3) is 0 Å². The average Bonchev–Trinajstić information content (AvgIpc) is 2.53. The smallest absolute Gasteiger partial charge is 0.138 e. The zero-order valence-electron chi connectivity index (χ0n) is 12.7. The number of hydrogen-bond acceptors (Lipinski definition) is 5. The number of aromatic nitrogens is 2. The Morgan fingerprint density at radius 3 is 2.60 bits per heavy atom. The van der Waals surface area contributed by atoms with Gasteiger partial charge in [0.1, 0.15) is 17.5 Å². The van der Waals surface area contributed by atoms with Crippen LogP contribution in [0.5, 0.6) is 0 Å². The standard InChI is InChI=1S/C15H26N4O/c1-15(2,3)14-18-12(16)9-13(19-14)17-10-7-5-4-6-8-11(10)20/h9-11,20H,4-8H2,1-3H3,(H3,16,17,18,19). The number of nitrogens with one attached hydrogen (secondary N) is 1. The summed E-state index contributed by atoms with van der Waals surface area (Å²) in [7, 11) is 0. The van der Waals surface area contributed by atoms with Crippen LogP contribution in [0.25, 0.3) is 0 Å². The molecule has 0 aromatic carbocycles. The molecule has 1 heterocycles. The van der Waals surface area contributed by atoms with Crippen LogP contribution >= 0.6 is 0 Å². The molecule has 5 nitrogen and oxygen atoms in total. The van der Waals surface area contributed by atoms with E-state index in [1.807, 2.05) is 0 Å². The highest BCUT2D eigenvalue weighted by Gasteiger charge is 2.23. The molecule has 0 spiro atoms. The molecule has 0 amide bonds. The van der Waals surface area contributed by atoms with Crippen LogP contribution in [0.1, 0.15) is 58.7 Å². The average molecular weight is 278 g/mol. The first kappa shape index (κ1) is 15.0. The minimum absolute atomic E-state index is 0.0552. The van der Waals surface area contributed by atoms with Crippen LogP contribution in [-0.4, -0.2) is 27.2 Å². The van der Waals surface area contributed by atoms with Crippen molar-refractivity contribution in [1.82, 2.24) is 9.97 Å². The minimum atomic E-state index is -0.313. The van der Waals surface area contributed by atoms with E-state index in [0.717, 1.165) is 31.5 Å². The Labute approximate surface area is 121 Å². The fourth-order valence-corrected chi connectivity index (χ4v) is 2.52. The molecule has 2 atom stereocenters. The molecule has 5 heteroatoms. The van der Waals surface area contributed by atoms with Gasteiger partial charge in [-0.1, -0.05) is 40.0 Å². The summed E-state index contributed by atoms with van der Waals surface area (Å²) in [4.78, 5) is 8.85. The van der Waals surface area contributed by atoms with Crippen molar-refractivity contribution in [3.05, 3.63) is 11.9 Å². The third kappa shape index (κ3) is 3.82. The molecule has 0 radical (unpaired) electrons. The third-order valence-corrected chi connectivity index (χ3v) is 3.73. The van der Waals surface area contributed by atoms with E-state index in [0.29, 0.717) is 11.6 Å². The monoisotopic (exact) mass is 278 g/mol. The van der Waals surface area contributed by atoms with E-state index in [1.54, 1.807) is 6.07 Å². The molecule has 4 N–H and O–H groups in total. The van der Waals surface area contributed by atoms with E-state index in [2.05, 4.69) is 36.1 Å². The Hall–Kier alpha value is -1.36. The molecule has 112 valence electrons. The van der Waals surface area contributed by atoms with Crippen molar-refractivity contribution >= 4 is 11.6 Å². The summed E-state index contributed by atoms with van der Waals surface area (Å²) >= 11 is 0. The predicted octanol–water partition coefficient (Wildman–Crippen LogP) is 2.46. The molecule has 20 heavy (non-hydrogen) atoms. The fraction of sp³-hybridized carbons (Fsp3) is 0.733. The predicted molar refractivity (Wildman–Crippen MR) is 81.6 cm³/mol. The van der Waals surface area contributed by atoms with Crippen molar-refractivity contribution < 1.29 is 5.11 Å². The fourth-order valence-electron chi connectivity index (χ4n) is 2.52. The van der Waals surface area contributed by atoms with Crippen LogP contribution in [0.4, 0.5) is 11.6 Å². The molecule has 1 aliphatic rings. The second-order valence-electron chi connectivity index (χ2n) is 6.71. The van der Waals surface area contributed by atoms with Gasteiger partial charge >= 0.3 is 0 Å². The van der Waals surface area contributed by atoms with Gasteiger partial charge in [-0.05, 0) is 12.8 Å². The Kier molecular flexibility index (Phi) is 4.48. The van der Waals surface area contributed by atoms with Gasteiger partial charge in [0.2, 0.25) is 0 Å². The second-order valence-corrected chi connectivity index (χ2v) is 6.71. The zero-order chi connectivity index (χ0) is 14.8. The van der Waals surface area contributed by atoms with Gasteiger partial charge in [-0.15, -0.1) is 0 Å². The van der Waals surface area contributed by atoms with Crippen LogP contribution in [0.2, 0.25) is 0 Å². The van der Waals surface area contributed by atoms with Crippen LogP contribution in [-0.2, 0) is 5.41 Å². The number of rotatable bonds is 2. The van der Waals surface area contributed by atoms with Crippen molar-refractivity contribution in [2.45, 2.75) is 70.4 Å². The number of aliphatic hydroxyl groups is 1. The maximum atomic E-state index is 10.2. The topological polar surface area (TPSA) is 84.1 Å². The number of nitrogens with zero attached hydrogens (tertiary/aromatic N) is 2. The molecule has 1 aromatic rings. The first-order chi connectivity index (χ1) is 9.36. The Morgan fingerprint density at radius 2 is 1.90 bits per heavy atom. The van der Waals surface area contributed by atoms with E-state index in [4.69, 9.17) is 5.73 Å². The van der Waals surface area contributed by atoms with Crippen LogP contribution in [0, 0.1) is 0 Å². The summed E-state index contributed by atoms with van der Waals surface area (Å²) in [5.41, 5.74) is 5.73. The van der Waals surface area contributed by atoms with Gasteiger partial charge in [-0.3, -0.25) is 0 Å². The first-order valence-electron chi connectivity index (χ1n) is 7.46. The van der Waals surface area contributed by atoms with Crippen molar-refractivity contribution in [2.75, 3.05) is 11.1 Å². The summed E-state index contributed by atoms with van der Waals surface area (Å²) in [5.74, 6) is 1.91. The van der Waals surface area contributed by atoms with E-state index in [-0.39, 0.29) is 17.6 Å². The van der Waals surface area contributed by atoms with Crippen molar-refractivity contribution in [1.29, 1.82) is 0 Å². The van der Waals surface area contributed by atoms with Crippen molar-refractivity contribution in [3.8, 4) is 0 Å². The number of aliphatic hydroxyl groups excluding tert-OH is 1. The van der Waals surface area contributed by atoms with Crippen molar-refractivity contribution in [3.63, 3.8) is 0 Å². The lowest BCUT2D eigenvalue weighted by Crippen LogP contribution is -2.33. The molecular weight excluding hydrogens is 252 g/mol. The molecule has 1 aliphatic carbocycles. The van der Waals surface area contributed by atoms with Crippen LogP contribution in [0.3, 0.4) is 0 Å². The quantitative estimate of drug-likeness (QED) is 0.724. The Balaban J connectivity index is 2.18. The first-order valence-corrected chi connectivity index (χ1v) is 7.46. The van der Waals surface area contributed by atoms with E-state index in [9.17, 15) is 5.11 Å². The summed E-state index contributed by atoms with van der Waals surface area (Å²) in [6.07, 6.45) is 4.93. The second kappa shape index (κ2) is 5.95. The zero-order valence-corrected chi connectivity index (χ0v) is 12.7. The summed E-state index contributed by atoms with van der Waals surface area (Å²) in [6.45, 7) is 6.18. The normalized spacial score (nSPS) is 24.2. The molecule has 0 saturated heterocycles. The van der Waals surface area contributed by atoms with Crippen molar-refractivity contribution in [2.24, 2.45) is 0 Å².